The van der Waals surface area contributed by atoms with Crippen molar-refractivity contribution in [2.45, 2.75) is 0 Å². The quantitative estimate of drug-likeness (QED) is 0.382. The Morgan fingerprint density at radius 2 is 2.55 bits per heavy atom. The Morgan fingerprint density at radius 3 is 3.09 bits per heavy atom. The summed E-state index contributed by atoms with van der Waals surface area (Å²) in [6, 6.07) is 0. The summed E-state index contributed by atoms with van der Waals surface area (Å²) < 4.78 is 2.90. The smallest absolute Gasteiger partial charge is 0.201 e. The summed E-state index contributed by atoms with van der Waals surface area (Å²) in [5.41, 5.74) is -0.0191. The summed E-state index contributed by atoms with van der Waals surface area (Å²) >= 11 is 4.90. The molecule has 0 atom stereocenters. The van der Waals surface area contributed by atoms with Gasteiger partial charge in [0.05, 0.1) is 23.8 Å². The second kappa shape index (κ2) is 3.11. The fourth-order valence-corrected chi connectivity index (χ4v) is 0.637. The third-order valence-corrected chi connectivity index (χ3v) is 1.05. The fraction of sp³-hybridized carbons (Fsp3) is 0. The lowest BCUT2D eigenvalue weighted by atomic mass is 10.4. The number of H-pyrrole nitrogens is 1. The molecule has 0 aliphatic heterocycles. The lowest BCUT2D eigenvalue weighted by molar-refractivity contribution is -0.214. The molecule has 6 nitrogen and oxygen atoms in total. The Labute approximate surface area is 66.6 Å². The first-order valence-corrected chi connectivity index (χ1v) is 2.91. The van der Waals surface area contributed by atoms with Crippen molar-refractivity contribution in [1.29, 1.82) is 5.41 Å². The van der Waals surface area contributed by atoms with Crippen molar-refractivity contribution in [3.8, 4) is 0 Å². The largest absolute Gasteiger partial charge is 0.858 e. The minimum Gasteiger partial charge on any atom is -0.858 e. The second-order valence-corrected chi connectivity index (χ2v) is 1.76. The van der Waals surface area contributed by atoms with Crippen molar-refractivity contribution in [3.05, 3.63) is 12.0 Å². The summed E-state index contributed by atoms with van der Waals surface area (Å²) in [6.45, 7) is 0. The summed E-state index contributed by atoms with van der Waals surface area (Å²) in [5, 5.41) is 20.4. The Morgan fingerprint density at radius 1 is 1.82 bits per heavy atom. The molecule has 0 amide bonds. The standard InChI is InChI=1S/C4H4ClN5O/c5-10-9-4-2(3(6)11)7-1-8-4/h1H,(H2,6,11)(H,7,8)/p-1/b10-9+. The van der Waals surface area contributed by atoms with Gasteiger partial charge in [-0.2, -0.15) is 0 Å². The van der Waals surface area contributed by atoms with Crippen LogP contribution in [0.2, 0.25) is 0 Å². The Kier molecular flexibility index (Phi) is 2.17. The van der Waals surface area contributed by atoms with E-state index in [1.165, 1.54) is 6.33 Å². The van der Waals surface area contributed by atoms with Crippen LogP contribution < -0.4 is 5.11 Å². The third-order valence-electron chi connectivity index (χ3n) is 0.979. The van der Waals surface area contributed by atoms with Crippen LogP contribution in [0.25, 0.3) is 0 Å². The third kappa shape index (κ3) is 1.53. The van der Waals surface area contributed by atoms with Crippen molar-refractivity contribution >= 4 is 23.5 Å². The molecule has 0 bridgehead atoms. The van der Waals surface area contributed by atoms with Crippen molar-refractivity contribution in [3.63, 3.8) is 0 Å². The number of hydrogen-bond acceptors (Lipinski definition) is 5. The van der Waals surface area contributed by atoms with E-state index in [4.69, 9.17) is 17.2 Å². The highest BCUT2D eigenvalue weighted by atomic mass is 35.5. The van der Waals surface area contributed by atoms with Gasteiger partial charge in [-0.15, -0.1) is 5.11 Å². The summed E-state index contributed by atoms with van der Waals surface area (Å²) in [4.78, 5) is 6.02. The van der Waals surface area contributed by atoms with Gasteiger partial charge in [0.1, 0.15) is 0 Å². The Hall–Kier alpha value is -1.43. The van der Waals surface area contributed by atoms with Crippen LogP contribution >= 0.6 is 11.8 Å². The van der Waals surface area contributed by atoms with Gasteiger partial charge in [0, 0.05) is 5.90 Å². The molecule has 0 aromatic carbocycles. The van der Waals surface area contributed by atoms with Crippen LogP contribution in [0.1, 0.15) is 5.69 Å². The SMILES string of the molecule is N=C([O-])c1[nH]cnc1/N=N/Cl. The molecule has 1 rings (SSSR count). The van der Waals surface area contributed by atoms with E-state index in [-0.39, 0.29) is 11.5 Å². The lowest BCUT2D eigenvalue weighted by Gasteiger charge is -2.02. The van der Waals surface area contributed by atoms with E-state index in [9.17, 15) is 5.11 Å². The van der Waals surface area contributed by atoms with Gasteiger partial charge < -0.3 is 15.5 Å². The summed E-state index contributed by atoms with van der Waals surface area (Å²) in [7, 11) is 0. The zero-order valence-electron chi connectivity index (χ0n) is 5.21. The maximum absolute atomic E-state index is 10.5. The van der Waals surface area contributed by atoms with Crippen LogP contribution in [0, 0.1) is 5.41 Å². The zero-order chi connectivity index (χ0) is 8.27. The van der Waals surface area contributed by atoms with Crippen LogP contribution in [-0.4, -0.2) is 15.9 Å². The summed E-state index contributed by atoms with van der Waals surface area (Å²) in [5.74, 6) is -0.874. The van der Waals surface area contributed by atoms with Gasteiger partial charge >= 0.3 is 0 Å². The minimum atomic E-state index is -0.901. The predicted octanol–water partition coefficient (Wildman–Crippen LogP) is 0.333. The van der Waals surface area contributed by atoms with Gasteiger partial charge in [0.15, 0.2) is 0 Å². The summed E-state index contributed by atoms with van der Waals surface area (Å²) in [6.07, 6.45) is 1.24. The Balaban J connectivity index is 3.05. The molecule has 11 heavy (non-hydrogen) atoms. The van der Waals surface area contributed by atoms with E-state index in [0.29, 0.717) is 0 Å². The number of hydrogen-bond donors (Lipinski definition) is 2. The monoisotopic (exact) mass is 172 g/mol. The first-order chi connectivity index (χ1) is 5.25. The van der Waals surface area contributed by atoms with Crippen LogP contribution in [0.5, 0.6) is 0 Å². The van der Waals surface area contributed by atoms with Gasteiger partial charge in [-0.25, -0.2) is 4.98 Å². The fourth-order valence-electron chi connectivity index (χ4n) is 0.566. The van der Waals surface area contributed by atoms with Gasteiger partial charge in [0.2, 0.25) is 5.82 Å². The van der Waals surface area contributed by atoms with E-state index in [1.807, 2.05) is 0 Å². The number of imidazole rings is 1. The Bertz CT molecular complexity index is 292. The number of nitrogens with one attached hydrogen (secondary N) is 2. The number of halogens is 1. The van der Waals surface area contributed by atoms with E-state index >= 15 is 0 Å². The van der Waals surface area contributed by atoms with E-state index in [1.54, 1.807) is 0 Å². The number of nitrogens with zero attached hydrogens (tertiary/aromatic N) is 3. The molecule has 0 saturated heterocycles. The second-order valence-electron chi connectivity index (χ2n) is 1.61. The highest BCUT2D eigenvalue weighted by molar-refractivity contribution is 6.14. The van der Waals surface area contributed by atoms with Gasteiger partial charge in [-0.3, -0.25) is 0 Å². The van der Waals surface area contributed by atoms with E-state index in [0.717, 1.165) is 0 Å². The molecule has 0 fully saturated rings. The number of rotatable bonds is 2. The van der Waals surface area contributed by atoms with Crippen molar-refractivity contribution in [2.24, 2.45) is 9.75 Å². The van der Waals surface area contributed by atoms with Gasteiger partial charge in [-0.1, -0.05) is 4.63 Å². The molecule has 0 unspecified atom stereocenters. The molecule has 58 valence electrons. The van der Waals surface area contributed by atoms with E-state index in [2.05, 4.69) is 19.7 Å². The number of aromatic amines is 1. The van der Waals surface area contributed by atoms with Gasteiger partial charge in [0.25, 0.3) is 0 Å². The number of aromatic nitrogens is 2. The lowest BCUT2D eigenvalue weighted by Crippen LogP contribution is -2.17. The van der Waals surface area contributed by atoms with Crippen LogP contribution in [0.4, 0.5) is 5.82 Å². The molecule has 1 aromatic heterocycles. The first kappa shape index (κ1) is 7.67. The van der Waals surface area contributed by atoms with Crippen LogP contribution in [-0.2, 0) is 0 Å². The highest BCUT2D eigenvalue weighted by Crippen LogP contribution is 2.12. The first-order valence-electron chi connectivity index (χ1n) is 2.57. The molecule has 7 heteroatoms. The molecule has 0 saturated carbocycles. The molecule has 2 N–H and O–H groups in total. The maximum Gasteiger partial charge on any atom is 0.201 e. The normalized spacial score (nSPS) is 10.6. The zero-order valence-corrected chi connectivity index (χ0v) is 5.96. The molecule has 0 radical (unpaired) electrons. The molecular formula is C4H3ClN5O-. The topological polar surface area (TPSA) is 100 Å². The average molecular weight is 173 g/mol. The van der Waals surface area contributed by atoms with Crippen molar-refractivity contribution in [1.82, 2.24) is 9.97 Å². The maximum atomic E-state index is 10.5. The molecule has 1 aromatic rings. The van der Waals surface area contributed by atoms with Crippen LogP contribution in [0.3, 0.4) is 0 Å². The van der Waals surface area contributed by atoms with Crippen LogP contribution in [0.15, 0.2) is 16.1 Å². The van der Waals surface area contributed by atoms with Crippen molar-refractivity contribution < 1.29 is 5.11 Å². The highest BCUT2D eigenvalue weighted by Gasteiger charge is 2.01. The predicted molar refractivity (Wildman–Crippen MR) is 35.8 cm³/mol. The van der Waals surface area contributed by atoms with Gasteiger partial charge in [-0.05, 0) is 0 Å². The average Bonchev–Trinajstić information content (AvgIpc) is 2.36. The minimum absolute atomic E-state index is 0.0191. The molecule has 0 aliphatic carbocycles. The molecule has 0 aliphatic rings. The molecular weight excluding hydrogens is 170 g/mol. The van der Waals surface area contributed by atoms with E-state index < -0.39 is 5.90 Å². The van der Waals surface area contributed by atoms with Crippen molar-refractivity contribution in [2.75, 3.05) is 0 Å². The molecule has 0 spiro atoms. The molecule has 1 heterocycles.